The van der Waals surface area contributed by atoms with Gasteiger partial charge in [0.25, 0.3) is 5.91 Å². The molecule has 0 spiro atoms. The molecule has 0 bridgehead atoms. The SMILES string of the molecule is O=C(Nc1nccs1)c1cccc(CN2CCC[C@H]2Cn2cccn2)c1. The van der Waals surface area contributed by atoms with Crippen molar-refractivity contribution in [3.05, 3.63) is 65.4 Å². The lowest BCUT2D eigenvalue weighted by molar-refractivity contribution is 0.102. The Kier molecular flexibility index (Phi) is 5.08. The Morgan fingerprint density at radius 2 is 2.27 bits per heavy atom. The quantitative estimate of drug-likeness (QED) is 0.726. The van der Waals surface area contributed by atoms with Crippen LogP contribution in [0.2, 0.25) is 0 Å². The van der Waals surface area contributed by atoms with Crippen molar-refractivity contribution in [2.45, 2.75) is 32.0 Å². The maximum absolute atomic E-state index is 12.4. The van der Waals surface area contributed by atoms with Gasteiger partial charge in [-0.25, -0.2) is 4.98 Å². The summed E-state index contributed by atoms with van der Waals surface area (Å²) < 4.78 is 2.00. The van der Waals surface area contributed by atoms with Gasteiger partial charge in [-0.2, -0.15) is 5.10 Å². The second-order valence-electron chi connectivity index (χ2n) is 6.49. The maximum atomic E-state index is 12.4. The lowest BCUT2D eigenvalue weighted by Crippen LogP contribution is -2.32. The molecule has 1 amide bonds. The maximum Gasteiger partial charge on any atom is 0.257 e. The fraction of sp³-hybridized carbons (Fsp3) is 0.316. The number of carbonyl (C=O) groups excluding carboxylic acids is 1. The number of benzene rings is 1. The van der Waals surface area contributed by atoms with Gasteiger partial charge < -0.3 is 0 Å². The second kappa shape index (κ2) is 7.80. The highest BCUT2D eigenvalue weighted by Crippen LogP contribution is 2.22. The smallest absolute Gasteiger partial charge is 0.257 e. The Bertz CT molecular complexity index is 847. The molecule has 1 aliphatic heterocycles. The van der Waals surface area contributed by atoms with Gasteiger partial charge in [0.2, 0.25) is 0 Å². The fourth-order valence-corrected chi connectivity index (χ4v) is 3.96. The topological polar surface area (TPSA) is 63.1 Å². The number of nitrogens with zero attached hydrogens (tertiary/aromatic N) is 4. The van der Waals surface area contributed by atoms with Gasteiger partial charge in [0.1, 0.15) is 0 Å². The highest BCUT2D eigenvalue weighted by atomic mass is 32.1. The van der Waals surface area contributed by atoms with E-state index in [-0.39, 0.29) is 5.91 Å². The van der Waals surface area contributed by atoms with E-state index in [1.165, 1.54) is 24.2 Å². The zero-order valence-corrected chi connectivity index (χ0v) is 15.2. The predicted molar refractivity (Wildman–Crippen MR) is 102 cm³/mol. The molecule has 4 rings (SSSR count). The highest BCUT2D eigenvalue weighted by Gasteiger charge is 2.25. The molecule has 0 saturated carbocycles. The third-order valence-corrected chi connectivity index (χ3v) is 5.37. The number of amides is 1. The molecule has 26 heavy (non-hydrogen) atoms. The Balaban J connectivity index is 1.42. The van der Waals surface area contributed by atoms with E-state index in [0.717, 1.165) is 25.2 Å². The Labute approximate surface area is 156 Å². The van der Waals surface area contributed by atoms with Crippen molar-refractivity contribution >= 4 is 22.4 Å². The number of carbonyl (C=O) groups is 1. The van der Waals surface area contributed by atoms with Gasteiger partial charge in [0.05, 0.1) is 6.54 Å². The van der Waals surface area contributed by atoms with Crippen molar-refractivity contribution in [2.75, 3.05) is 11.9 Å². The van der Waals surface area contributed by atoms with E-state index in [4.69, 9.17) is 0 Å². The van der Waals surface area contributed by atoms with Gasteiger partial charge >= 0.3 is 0 Å². The first-order chi connectivity index (χ1) is 12.8. The van der Waals surface area contributed by atoms with Crippen LogP contribution in [0.5, 0.6) is 0 Å². The average Bonchev–Trinajstić information content (AvgIpc) is 3.40. The van der Waals surface area contributed by atoms with Crippen LogP contribution >= 0.6 is 11.3 Å². The first-order valence-corrected chi connectivity index (χ1v) is 9.67. The molecule has 0 radical (unpaired) electrons. The summed E-state index contributed by atoms with van der Waals surface area (Å²) in [6.07, 6.45) is 7.91. The van der Waals surface area contributed by atoms with E-state index in [1.807, 2.05) is 46.7 Å². The van der Waals surface area contributed by atoms with Crippen LogP contribution in [0.25, 0.3) is 0 Å². The van der Waals surface area contributed by atoms with Crippen LogP contribution in [0.3, 0.4) is 0 Å². The molecule has 1 aliphatic rings. The highest BCUT2D eigenvalue weighted by molar-refractivity contribution is 7.13. The second-order valence-corrected chi connectivity index (χ2v) is 7.38. The number of rotatable bonds is 6. The minimum absolute atomic E-state index is 0.115. The molecule has 6 nitrogen and oxygen atoms in total. The summed E-state index contributed by atoms with van der Waals surface area (Å²) in [5.74, 6) is -0.115. The third-order valence-electron chi connectivity index (χ3n) is 4.68. The number of likely N-dealkylation sites (tertiary alicyclic amines) is 1. The van der Waals surface area contributed by atoms with Crippen molar-refractivity contribution in [3.8, 4) is 0 Å². The fourth-order valence-electron chi connectivity index (χ4n) is 3.43. The Morgan fingerprint density at radius 1 is 1.31 bits per heavy atom. The normalized spacial score (nSPS) is 17.5. The van der Waals surface area contributed by atoms with Crippen LogP contribution in [-0.2, 0) is 13.1 Å². The van der Waals surface area contributed by atoms with Crippen LogP contribution in [0.4, 0.5) is 5.13 Å². The van der Waals surface area contributed by atoms with E-state index in [1.54, 1.807) is 6.20 Å². The van der Waals surface area contributed by atoms with Crippen molar-refractivity contribution in [1.29, 1.82) is 0 Å². The van der Waals surface area contributed by atoms with Gasteiger partial charge in [0.15, 0.2) is 5.13 Å². The minimum Gasteiger partial charge on any atom is -0.298 e. The summed E-state index contributed by atoms with van der Waals surface area (Å²) >= 11 is 1.42. The Morgan fingerprint density at radius 3 is 3.08 bits per heavy atom. The first-order valence-electron chi connectivity index (χ1n) is 8.79. The van der Waals surface area contributed by atoms with Crippen molar-refractivity contribution < 1.29 is 4.79 Å². The first kappa shape index (κ1) is 16.9. The van der Waals surface area contributed by atoms with Crippen LogP contribution in [0, 0.1) is 0 Å². The van der Waals surface area contributed by atoms with Crippen LogP contribution < -0.4 is 5.32 Å². The predicted octanol–water partition coefficient (Wildman–Crippen LogP) is 3.26. The molecule has 1 atom stereocenters. The van der Waals surface area contributed by atoms with Crippen LogP contribution in [-0.4, -0.2) is 38.2 Å². The third kappa shape index (κ3) is 4.00. The molecule has 0 aliphatic carbocycles. The zero-order valence-electron chi connectivity index (χ0n) is 14.4. The summed E-state index contributed by atoms with van der Waals surface area (Å²) in [5.41, 5.74) is 1.82. The monoisotopic (exact) mass is 367 g/mol. The van der Waals surface area contributed by atoms with E-state index < -0.39 is 0 Å². The molecular formula is C19H21N5OS. The van der Waals surface area contributed by atoms with Crippen molar-refractivity contribution in [3.63, 3.8) is 0 Å². The molecule has 1 N–H and O–H groups in total. The van der Waals surface area contributed by atoms with Crippen LogP contribution in [0.15, 0.2) is 54.3 Å². The summed E-state index contributed by atoms with van der Waals surface area (Å²) in [4.78, 5) is 19.0. The average molecular weight is 367 g/mol. The number of nitrogens with one attached hydrogen (secondary N) is 1. The molecule has 3 heterocycles. The van der Waals surface area contributed by atoms with E-state index >= 15 is 0 Å². The zero-order chi connectivity index (χ0) is 17.8. The number of aromatic nitrogens is 3. The Hall–Kier alpha value is -2.51. The standard InChI is InChI=1S/C19H21N5OS/c25-18(22-19-20-8-11-26-19)16-5-1-4-15(12-16)13-23-9-2-6-17(23)14-24-10-3-7-21-24/h1,3-5,7-8,10-12,17H,2,6,9,13-14H2,(H,20,22,25)/t17-/m0/s1. The van der Waals surface area contributed by atoms with Gasteiger partial charge in [-0.15, -0.1) is 11.3 Å². The number of anilines is 1. The molecule has 1 fully saturated rings. The van der Waals surface area contributed by atoms with E-state index in [9.17, 15) is 4.79 Å². The summed E-state index contributed by atoms with van der Waals surface area (Å²) in [6, 6.07) is 10.3. The van der Waals surface area contributed by atoms with Gasteiger partial charge in [-0.1, -0.05) is 12.1 Å². The van der Waals surface area contributed by atoms with E-state index in [0.29, 0.717) is 16.7 Å². The van der Waals surface area contributed by atoms with Gasteiger partial charge in [-0.05, 0) is 43.1 Å². The molecule has 3 aromatic rings. The summed E-state index contributed by atoms with van der Waals surface area (Å²) in [6.45, 7) is 2.85. The largest absolute Gasteiger partial charge is 0.298 e. The molecule has 1 aromatic carbocycles. The van der Waals surface area contributed by atoms with E-state index in [2.05, 4.69) is 26.4 Å². The summed E-state index contributed by atoms with van der Waals surface area (Å²) in [7, 11) is 0. The molecule has 7 heteroatoms. The van der Waals surface area contributed by atoms with Crippen molar-refractivity contribution in [2.24, 2.45) is 0 Å². The minimum atomic E-state index is -0.115. The van der Waals surface area contributed by atoms with Gasteiger partial charge in [-0.3, -0.25) is 19.7 Å². The lowest BCUT2D eigenvalue weighted by Gasteiger charge is -2.24. The molecular weight excluding hydrogens is 346 g/mol. The molecule has 1 saturated heterocycles. The van der Waals surface area contributed by atoms with Gasteiger partial charge in [0, 0.05) is 42.1 Å². The number of hydrogen-bond donors (Lipinski definition) is 1. The number of hydrogen-bond acceptors (Lipinski definition) is 5. The number of thiazole rings is 1. The van der Waals surface area contributed by atoms with Crippen LogP contribution in [0.1, 0.15) is 28.8 Å². The van der Waals surface area contributed by atoms with Crippen molar-refractivity contribution in [1.82, 2.24) is 19.7 Å². The molecule has 134 valence electrons. The molecule has 0 unspecified atom stereocenters. The summed E-state index contributed by atoms with van der Waals surface area (Å²) in [5, 5.41) is 9.64. The lowest BCUT2D eigenvalue weighted by atomic mass is 10.1. The molecule has 2 aromatic heterocycles.